The molecule has 1 N–H and O–H groups in total. The lowest BCUT2D eigenvalue weighted by Crippen LogP contribution is -2.47. The lowest BCUT2D eigenvalue weighted by atomic mass is 9.91. The van der Waals surface area contributed by atoms with Crippen molar-refractivity contribution >= 4 is 46.4 Å². The van der Waals surface area contributed by atoms with Gasteiger partial charge in [-0.05, 0) is 33.2 Å². The summed E-state index contributed by atoms with van der Waals surface area (Å²) in [6, 6.07) is 17.0. The molecule has 1 saturated heterocycles. The fourth-order valence-corrected chi connectivity index (χ4v) is 3.80. The molecule has 1 fully saturated rings. The highest BCUT2D eigenvalue weighted by Gasteiger charge is 2.32. The highest BCUT2D eigenvalue weighted by atomic mass is 35.5. The van der Waals surface area contributed by atoms with Crippen LogP contribution in [0.1, 0.15) is 11.6 Å². The van der Waals surface area contributed by atoms with Crippen LogP contribution in [0, 0.1) is 0 Å². The molecular formula is C20H22Cl2F2N2. The van der Waals surface area contributed by atoms with Crippen molar-refractivity contribution in [3.63, 3.8) is 0 Å². The van der Waals surface area contributed by atoms with Gasteiger partial charge in [-0.25, -0.2) is 8.78 Å². The van der Waals surface area contributed by atoms with Crippen LogP contribution in [0.15, 0.2) is 54.6 Å². The lowest BCUT2D eigenvalue weighted by Gasteiger charge is -2.35. The first-order chi connectivity index (χ1) is 11.8. The van der Waals surface area contributed by atoms with Gasteiger partial charge in [-0.15, -0.1) is 24.8 Å². The standard InChI is InChI=1S/C20H20F2N2.2ClH/c21-20(22)19(24-11-9-23-10-12-24)18-16-7-3-1-5-14(16)13-15-6-2-4-8-17(15)18;;/h1-8,13,19-20,23H,9-12H2;2*1H/t19-;;/m1../s1. The fourth-order valence-electron chi connectivity index (χ4n) is 3.80. The first-order valence-corrected chi connectivity index (χ1v) is 8.39. The van der Waals surface area contributed by atoms with Crippen LogP contribution in [-0.4, -0.2) is 37.5 Å². The molecule has 0 spiro atoms. The Morgan fingerprint density at radius 2 is 1.31 bits per heavy atom. The van der Waals surface area contributed by atoms with Crippen LogP contribution < -0.4 is 5.32 Å². The second-order valence-corrected chi connectivity index (χ2v) is 6.30. The normalized spacial score (nSPS) is 16.3. The summed E-state index contributed by atoms with van der Waals surface area (Å²) in [6.07, 6.45) is -2.42. The van der Waals surface area contributed by atoms with Gasteiger partial charge in [0, 0.05) is 26.2 Å². The molecule has 3 aromatic carbocycles. The first-order valence-electron chi connectivity index (χ1n) is 8.39. The smallest absolute Gasteiger partial charge is 0.258 e. The Kier molecular flexibility index (Phi) is 7.18. The maximum absolute atomic E-state index is 14.2. The number of hydrogen-bond donors (Lipinski definition) is 1. The van der Waals surface area contributed by atoms with E-state index in [0.29, 0.717) is 13.1 Å². The van der Waals surface area contributed by atoms with Crippen LogP contribution in [0.4, 0.5) is 8.78 Å². The minimum atomic E-state index is -2.42. The summed E-state index contributed by atoms with van der Waals surface area (Å²) in [4.78, 5) is 1.93. The van der Waals surface area contributed by atoms with Gasteiger partial charge < -0.3 is 5.32 Å². The van der Waals surface area contributed by atoms with E-state index < -0.39 is 12.5 Å². The summed E-state index contributed by atoms with van der Waals surface area (Å²) < 4.78 is 28.3. The number of nitrogens with one attached hydrogen (secondary N) is 1. The van der Waals surface area contributed by atoms with Gasteiger partial charge in [-0.1, -0.05) is 48.5 Å². The van der Waals surface area contributed by atoms with Gasteiger partial charge in [0.1, 0.15) is 0 Å². The Bertz CT molecular complexity index is 813. The molecule has 0 unspecified atom stereocenters. The van der Waals surface area contributed by atoms with Crippen LogP contribution >= 0.6 is 24.8 Å². The zero-order chi connectivity index (χ0) is 16.5. The van der Waals surface area contributed by atoms with Crippen molar-refractivity contribution in [1.82, 2.24) is 10.2 Å². The summed E-state index contributed by atoms with van der Waals surface area (Å²) in [5.74, 6) is 0. The van der Waals surface area contributed by atoms with Gasteiger partial charge in [0.05, 0.1) is 6.04 Å². The van der Waals surface area contributed by atoms with Gasteiger partial charge in [-0.2, -0.15) is 0 Å². The molecule has 0 aromatic heterocycles. The minimum absolute atomic E-state index is 0. The monoisotopic (exact) mass is 398 g/mol. The van der Waals surface area contributed by atoms with E-state index in [2.05, 4.69) is 11.4 Å². The summed E-state index contributed by atoms with van der Waals surface area (Å²) >= 11 is 0. The van der Waals surface area contributed by atoms with Crippen LogP contribution in [0.25, 0.3) is 21.5 Å². The van der Waals surface area contributed by atoms with E-state index in [0.717, 1.165) is 40.2 Å². The predicted octanol–water partition coefficient (Wildman–Crippen LogP) is 5.05. The van der Waals surface area contributed by atoms with E-state index in [1.807, 2.05) is 53.4 Å². The van der Waals surface area contributed by atoms with E-state index in [4.69, 9.17) is 0 Å². The predicted molar refractivity (Wildman–Crippen MR) is 109 cm³/mol. The van der Waals surface area contributed by atoms with Gasteiger partial charge in [0.25, 0.3) is 6.43 Å². The highest BCUT2D eigenvalue weighted by Crippen LogP contribution is 2.38. The van der Waals surface area contributed by atoms with Gasteiger partial charge in [-0.3, -0.25) is 4.90 Å². The summed E-state index contributed by atoms with van der Waals surface area (Å²) in [5.41, 5.74) is 0.764. The zero-order valence-corrected chi connectivity index (χ0v) is 15.8. The Balaban J connectivity index is 0.00000121. The molecule has 0 saturated carbocycles. The third kappa shape index (κ3) is 3.79. The maximum atomic E-state index is 14.2. The number of piperazine rings is 1. The largest absolute Gasteiger partial charge is 0.314 e. The van der Waals surface area contributed by atoms with Crippen LogP contribution in [0.2, 0.25) is 0 Å². The molecule has 1 aliphatic rings. The molecule has 1 atom stereocenters. The molecular weight excluding hydrogens is 377 g/mol. The Labute approximate surface area is 164 Å². The average Bonchev–Trinajstić information content (AvgIpc) is 2.62. The summed E-state index contributed by atoms with van der Waals surface area (Å²) in [7, 11) is 0. The van der Waals surface area contributed by atoms with E-state index in [1.54, 1.807) is 0 Å². The number of nitrogens with zero attached hydrogens (tertiary/aromatic N) is 1. The van der Waals surface area contributed by atoms with Gasteiger partial charge >= 0.3 is 0 Å². The zero-order valence-electron chi connectivity index (χ0n) is 14.2. The average molecular weight is 399 g/mol. The number of halogens is 4. The van der Waals surface area contributed by atoms with E-state index in [-0.39, 0.29) is 24.8 Å². The van der Waals surface area contributed by atoms with Crippen LogP contribution in [0.3, 0.4) is 0 Å². The molecule has 26 heavy (non-hydrogen) atoms. The van der Waals surface area contributed by atoms with Crippen molar-refractivity contribution in [3.8, 4) is 0 Å². The molecule has 1 aliphatic heterocycles. The molecule has 0 aliphatic carbocycles. The number of alkyl halides is 2. The first kappa shape index (κ1) is 20.8. The SMILES string of the molecule is Cl.Cl.FC(F)[C@@H](c1c2ccccc2cc2ccccc12)N1CCNCC1. The topological polar surface area (TPSA) is 15.3 Å². The third-order valence-corrected chi connectivity index (χ3v) is 4.89. The number of benzene rings is 3. The Morgan fingerprint density at radius 3 is 1.81 bits per heavy atom. The van der Waals surface area contributed by atoms with Crippen molar-refractivity contribution in [2.45, 2.75) is 12.5 Å². The number of fused-ring (bicyclic) bond motifs is 2. The number of hydrogen-bond acceptors (Lipinski definition) is 2. The van der Waals surface area contributed by atoms with Gasteiger partial charge in [0.2, 0.25) is 0 Å². The maximum Gasteiger partial charge on any atom is 0.258 e. The summed E-state index contributed by atoms with van der Waals surface area (Å²) in [5, 5.41) is 7.15. The Hall–Kier alpha value is -1.46. The lowest BCUT2D eigenvalue weighted by molar-refractivity contribution is 0.0196. The molecule has 2 nitrogen and oxygen atoms in total. The molecule has 1 heterocycles. The van der Waals surface area contributed by atoms with E-state index in [9.17, 15) is 8.78 Å². The molecule has 6 heteroatoms. The van der Waals surface area contributed by atoms with Crippen LogP contribution in [0.5, 0.6) is 0 Å². The molecule has 4 rings (SSSR count). The minimum Gasteiger partial charge on any atom is -0.314 e. The number of rotatable bonds is 3. The molecule has 0 bridgehead atoms. The third-order valence-electron chi connectivity index (χ3n) is 4.89. The second-order valence-electron chi connectivity index (χ2n) is 6.30. The van der Waals surface area contributed by atoms with Crippen molar-refractivity contribution in [3.05, 3.63) is 60.2 Å². The van der Waals surface area contributed by atoms with Crippen LogP contribution in [-0.2, 0) is 0 Å². The van der Waals surface area contributed by atoms with Crippen molar-refractivity contribution in [2.24, 2.45) is 0 Å². The highest BCUT2D eigenvalue weighted by molar-refractivity contribution is 6.02. The molecule has 140 valence electrons. The molecule has 3 aromatic rings. The van der Waals surface area contributed by atoms with Crippen molar-refractivity contribution < 1.29 is 8.78 Å². The van der Waals surface area contributed by atoms with E-state index >= 15 is 0 Å². The quantitative estimate of drug-likeness (QED) is 0.621. The molecule has 0 amide bonds. The van der Waals surface area contributed by atoms with Gasteiger partial charge in [0.15, 0.2) is 0 Å². The summed E-state index contributed by atoms with van der Waals surface area (Å²) in [6.45, 7) is 2.80. The van der Waals surface area contributed by atoms with Crippen molar-refractivity contribution in [1.29, 1.82) is 0 Å². The molecule has 0 radical (unpaired) electrons. The fraction of sp³-hybridized carbons (Fsp3) is 0.300. The Morgan fingerprint density at radius 1 is 0.808 bits per heavy atom. The van der Waals surface area contributed by atoms with E-state index in [1.165, 1.54) is 0 Å². The second kappa shape index (κ2) is 8.96. The van der Waals surface area contributed by atoms with Crippen molar-refractivity contribution in [2.75, 3.05) is 26.2 Å².